The fourth-order valence-electron chi connectivity index (χ4n) is 1.76. The van der Waals surface area contributed by atoms with Crippen LogP contribution in [0.4, 0.5) is 0 Å². The van der Waals surface area contributed by atoms with Crippen molar-refractivity contribution in [2.75, 3.05) is 6.26 Å². The molecule has 0 aliphatic carbocycles. The Morgan fingerprint density at radius 2 is 1.74 bits per heavy atom. The molecule has 0 saturated carbocycles. The summed E-state index contributed by atoms with van der Waals surface area (Å²) in [5.74, 6) is 0. The van der Waals surface area contributed by atoms with E-state index in [2.05, 4.69) is 24.4 Å². The Kier molecular flexibility index (Phi) is 4.39. The number of sulfone groups is 1. The molecule has 0 amide bonds. The highest BCUT2D eigenvalue weighted by Crippen LogP contribution is 2.15. The minimum Gasteiger partial charge on any atom is -0.308 e. The van der Waals surface area contributed by atoms with Crippen molar-refractivity contribution in [2.24, 2.45) is 0 Å². The van der Waals surface area contributed by atoms with Gasteiger partial charge in [0.2, 0.25) is 0 Å². The first-order valence-electron chi connectivity index (χ1n) is 6.00. The van der Waals surface area contributed by atoms with Gasteiger partial charge in [-0.2, -0.15) is 0 Å². The van der Waals surface area contributed by atoms with Crippen LogP contribution in [0.2, 0.25) is 0 Å². The molecule has 1 aromatic carbocycles. The summed E-state index contributed by atoms with van der Waals surface area (Å²) in [6.07, 6.45) is 1.22. The van der Waals surface area contributed by atoms with Gasteiger partial charge in [-0.05, 0) is 36.8 Å². The van der Waals surface area contributed by atoms with Gasteiger partial charge in [-0.1, -0.05) is 12.1 Å². The monoisotopic (exact) mass is 295 g/mol. The van der Waals surface area contributed by atoms with Crippen molar-refractivity contribution in [1.29, 1.82) is 0 Å². The number of rotatable bonds is 5. The summed E-state index contributed by atoms with van der Waals surface area (Å²) < 4.78 is 22.7. The molecule has 0 saturated heterocycles. The van der Waals surface area contributed by atoms with Crippen LogP contribution in [0.3, 0.4) is 0 Å². The van der Waals surface area contributed by atoms with Crippen LogP contribution in [0, 0.1) is 6.92 Å². The van der Waals surface area contributed by atoms with Gasteiger partial charge in [0, 0.05) is 29.1 Å². The van der Waals surface area contributed by atoms with E-state index >= 15 is 0 Å². The summed E-state index contributed by atoms with van der Waals surface area (Å²) in [5, 5.41) is 3.35. The minimum atomic E-state index is -3.10. The molecule has 5 heteroatoms. The van der Waals surface area contributed by atoms with E-state index in [-0.39, 0.29) is 0 Å². The second-order valence-electron chi connectivity index (χ2n) is 4.53. The number of hydrogen-bond donors (Lipinski definition) is 1. The maximum absolute atomic E-state index is 11.3. The second kappa shape index (κ2) is 5.86. The molecule has 1 N–H and O–H groups in total. The third-order valence-electron chi connectivity index (χ3n) is 2.78. The van der Waals surface area contributed by atoms with Crippen molar-refractivity contribution in [3.05, 3.63) is 51.7 Å². The van der Waals surface area contributed by atoms with Crippen LogP contribution < -0.4 is 5.32 Å². The molecule has 0 unspecified atom stereocenters. The molecule has 0 bridgehead atoms. The lowest BCUT2D eigenvalue weighted by atomic mass is 10.2. The smallest absolute Gasteiger partial charge is 0.175 e. The lowest BCUT2D eigenvalue weighted by Gasteiger charge is -2.04. The molecule has 102 valence electrons. The summed E-state index contributed by atoms with van der Waals surface area (Å²) in [6.45, 7) is 3.67. The van der Waals surface area contributed by atoms with Crippen molar-refractivity contribution >= 4 is 21.2 Å². The number of hydrogen-bond acceptors (Lipinski definition) is 4. The summed E-state index contributed by atoms with van der Waals surface area (Å²) in [5.41, 5.74) is 1.08. The van der Waals surface area contributed by atoms with Crippen molar-refractivity contribution in [3.63, 3.8) is 0 Å². The Labute approximate surface area is 118 Å². The van der Waals surface area contributed by atoms with E-state index in [1.165, 1.54) is 16.0 Å². The van der Waals surface area contributed by atoms with E-state index in [1.807, 2.05) is 12.1 Å². The highest BCUT2D eigenvalue weighted by Gasteiger charge is 2.05. The number of aryl methyl sites for hydroxylation is 1. The number of nitrogens with one attached hydrogen (secondary N) is 1. The Balaban J connectivity index is 1.90. The van der Waals surface area contributed by atoms with Gasteiger partial charge in [-0.15, -0.1) is 11.3 Å². The third kappa shape index (κ3) is 4.16. The van der Waals surface area contributed by atoms with E-state index in [0.717, 1.165) is 18.7 Å². The average Bonchev–Trinajstić information content (AvgIpc) is 2.75. The van der Waals surface area contributed by atoms with E-state index in [9.17, 15) is 8.42 Å². The van der Waals surface area contributed by atoms with Gasteiger partial charge >= 0.3 is 0 Å². The number of benzene rings is 1. The van der Waals surface area contributed by atoms with Gasteiger partial charge in [0.05, 0.1) is 4.90 Å². The highest BCUT2D eigenvalue weighted by atomic mass is 32.2. The fourth-order valence-corrected chi connectivity index (χ4v) is 3.26. The summed E-state index contributed by atoms with van der Waals surface area (Å²) in [7, 11) is -3.10. The van der Waals surface area contributed by atoms with Crippen LogP contribution in [-0.4, -0.2) is 14.7 Å². The third-order valence-corrected chi connectivity index (χ3v) is 4.91. The van der Waals surface area contributed by atoms with Crippen LogP contribution in [0.25, 0.3) is 0 Å². The molecule has 2 aromatic rings. The zero-order valence-corrected chi connectivity index (χ0v) is 12.6. The SMILES string of the molecule is Cc1ccc(CNCc2ccc(S(C)(=O)=O)cc2)s1. The predicted octanol–water partition coefficient (Wildman–Crippen LogP) is 2.75. The quantitative estimate of drug-likeness (QED) is 0.922. The fraction of sp³-hybridized carbons (Fsp3) is 0.286. The minimum absolute atomic E-state index is 0.366. The lowest BCUT2D eigenvalue weighted by Crippen LogP contribution is -2.11. The van der Waals surface area contributed by atoms with Gasteiger partial charge < -0.3 is 5.32 Å². The zero-order valence-electron chi connectivity index (χ0n) is 11.0. The van der Waals surface area contributed by atoms with Crippen LogP contribution >= 0.6 is 11.3 Å². The molecule has 1 heterocycles. The zero-order chi connectivity index (χ0) is 13.9. The lowest BCUT2D eigenvalue weighted by molar-refractivity contribution is 0.602. The first-order chi connectivity index (χ1) is 8.95. The van der Waals surface area contributed by atoms with Gasteiger partial charge in [-0.3, -0.25) is 0 Å². The Morgan fingerprint density at radius 1 is 1.05 bits per heavy atom. The Morgan fingerprint density at radius 3 is 2.26 bits per heavy atom. The standard InChI is InChI=1S/C14H17NO2S2/c1-11-3-6-13(18-11)10-15-9-12-4-7-14(8-5-12)19(2,16)17/h3-8,15H,9-10H2,1-2H3. The average molecular weight is 295 g/mol. The van der Waals surface area contributed by atoms with E-state index in [4.69, 9.17) is 0 Å². The Hall–Kier alpha value is -1.17. The maximum Gasteiger partial charge on any atom is 0.175 e. The van der Waals surface area contributed by atoms with Crippen molar-refractivity contribution in [2.45, 2.75) is 24.9 Å². The van der Waals surface area contributed by atoms with Gasteiger partial charge in [-0.25, -0.2) is 8.42 Å². The second-order valence-corrected chi connectivity index (χ2v) is 7.92. The summed E-state index contributed by atoms with van der Waals surface area (Å²) >= 11 is 1.79. The molecule has 19 heavy (non-hydrogen) atoms. The van der Waals surface area contributed by atoms with Crippen molar-refractivity contribution in [1.82, 2.24) is 5.32 Å². The molecule has 3 nitrogen and oxygen atoms in total. The molecule has 0 spiro atoms. The molecule has 1 aromatic heterocycles. The van der Waals surface area contributed by atoms with Gasteiger partial charge in [0.25, 0.3) is 0 Å². The van der Waals surface area contributed by atoms with Gasteiger partial charge in [0.15, 0.2) is 9.84 Å². The largest absolute Gasteiger partial charge is 0.308 e. The molecule has 2 rings (SSSR count). The molecular weight excluding hydrogens is 278 g/mol. The topological polar surface area (TPSA) is 46.2 Å². The molecule has 0 aliphatic heterocycles. The Bertz CT molecular complexity index is 642. The normalized spacial score (nSPS) is 11.7. The molecule has 0 fully saturated rings. The molecular formula is C14H17NO2S2. The summed E-state index contributed by atoms with van der Waals surface area (Å²) in [4.78, 5) is 2.99. The van der Waals surface area contributed by atoms with E-state index in [0.29, 0.717) is 4.90 Å². The van der Waals surface area contributed by atoms with Crippen molar-refractivity contribution in [3.8, 4) is 0 Å². The van der Waals surface area contributed by atoms with Crippen LogP contribution in [0.15, 0.2) is 41.3 Å². The molecule has 0 atom stereocenters. The molecule has 0 radical (unpaired) electrons. The van der Waals surface area contributed by atoms with Gasteiger partial charge in [0.1, 0.15) is 0 Å². The molecule has 0 aliphatic rings. The highest BCUT2D eigenvalue weighted by molar-refractivity contribution is 7.90. The van der Waals surface area contributed by atoms with E-state index in [1.54, 1.807) is 23.5 Å². The van der Waals surface area contributed by atoms with E-state index < -0.39 is 9.84 Å². The van der Waals surface area contributed by atoms with Crippen LogP contribution in [0.5, 0.6) is 0 Å². The predicted molar refractivity (Wildman–Crippen MR) is 79.2 cm³/mol. The van der Waals surface area contributed by atoms with Crippen LogP contribution in [0.1, 0.15) is 15.3 Å². The van der Waals surface area contributed by atoms with Crippen molar-refractivity contribution < 1.29 is 8.42 Å². The first kappa shape index (κ1) is 14.2. The number of thiophene rings is 1. The van der Waals surface area contributed by atoms with Crippen LogP contribution in [-0.2, 0) is 22.9 Å². The maximum atomic E-state index is 11.3. The first-order valence-corrected chi connectivity index (χ1v) is 8.71. The summed E-state index contributed by atoms with van der Waals surface area (Å²) in [6, 6.07) is 11.2.